The molecule has 0 aliphatic carbocycles. The third-order valence-corrected chi connectivity index (χ3v) is 3.30. The summed E-state index contributed by atoms with van der Waals surface area (Å²) in [5, 5.41) is -0.291. The van der Waals surface area contributed by atoms with Crippen LogP contribution in [0.4, 0.5) is 0 Å². The van der Waals surface area contributed by atoms with Crippen LogP contribution in [-0.2, 0) is 14.3 Å². The average molecular weight is 246 g/mol. The molecule has 0 unspecified atom stereocenters. The summed E-state index contributed by atoms with van der Waals surface area (Å²) in [5.74, 6) is -0.650. The lowest BCUT2D eigenvalue weighted by atomic mass is 10.2. The van der Waals surface area contributed by atoms with Crippen LogP contribution >= 0.6 is 11.9 Å². The number of nitroso groups, excluding NO2 is 1. The summed E-state index contributed by atoms with van der Waals surface area (Å²) >= 11 is 0.797. The van der Waals surface area contributed by atoms with E-state index in [1.54, 1.807) is 6.92 Å². The van der Waals surface area contributed by atoms with E-state index in [9.17, 15) is 14.5 Å². The van der Waals surface area contributed by atoms with E-state index in [0.29, 0.717) is 13.0 Å². The van der Waals surface area contributed by atoms with Gasteiger partial charge in [0.25, 0.3) is 0 Å². The second-order valence-electron chi connectivity index (χ2n) is 3.42. The molecule has 90 valence electrons. The molecule has 1 saturated heterocycles. The molecule has 0 radical (unpaired) electrons. The van der Waals surface area contributed by atoms with E-state index in [0.717, 1.165) is 11.9 Å². The number of ether oxygens (including phenoxy) is 1. The summed E-state index contributed by atoms with van der Waals surface area (Å²) in [6, 6.07) is -0.680. The van der Waals surface area contributed by atoms with Crippen molar-refractivity contribution in [3.63, 3.8) is 0 Å². The fourth-order valence-corrected chi connectivity index (χ4v) is 2.48. The minimum atomic E-state index is -0.680. The molecule has 1 aliphatic rings. The Bertz CT molecular complexity index is 297. The molecule has 1 fully saturated rings. The lowest BCUT2D eigenvalue weighted by Gasteiger charge is -2.23. The number of carbonyl (C=O) groups is 2. The highest BCUT2D eigenvalue weighted by atomic mass is 32.2. The van der Waals surface area contributed by atoms with Gasteiger partial charge in [-0.25, -0.2) is 4.79 Å². The molecule has 0 saturated carbocycles. The highest BCUT2D eigenvalue weighted by Gasteiger charge is 2.42. The zero-order valence-corrected chi connectivity index (χ0v) is 10.0. The highest BCUT2D eigenvalue weighted by Crippen LogP contribution is 2.30. The minimum absolute atomic E-state index is 0.188. The van der Waals surface area contributed by atoms with Crippen molar-refractivity contribution in [2.24, 2.45) is 4.58 Å². The second kappa shape index (κ2) is 5.83. The van der Waals surface area contributed by atoms with Crippen molar-refractivity contribution in [3.8, 4) is 0 Å². The molecule has 0 aromatic carbocycles. The predicted molar refractivity (Wildman–Crippen MR) is 59.6 cm³/mol. The van der Waals surface area contributed by atoms with Gasteiger partial charge in [0.2, 0.25) is 5.91 Å². The molecule has 16 heavy (non-hydrogen) atoms. The molecule has 0 aromatic heterocycles. The van der Waals surface area contributed by atoms with E-state index >= 15 is 0 Å². The molecule has 0 bridgehead atoms. The van der Waals surface area contributed by atoms with Gasteiger partial charge in [0.05, 0.1) is 11.9 Å². The summed E-state index contributed by atoms with van der Waals surface area (Å²) in [6.07, 6.45) is 0.583. The van der Waals surface area contributed by atoms with Crippen molar-refractivity contribution in [3.05, 3.63) is 4.91 Å². The molecular weight excluding hydrogens is 232 g/mol. The number of hydrogen-bond acceptors (Lipinski definition) is 6. The fourth-order valence-electron chi connectivity index (χ4n) is 1.79. The summed E-state index contributed by atoms with van der Waals surface area (Å²) in [7, 11) is 0. The van der Waals surface area contributed by atoms with Crippen LogP contribution in [-0.4, -0.2) is 41.2 Å². The normalized spacial score (nSPS) is 24.2. The lowest BCUT2D eigenvalue weighted by molar-refractivity contribution is -0.152. The minimum Gasteiger partial charge on any atom is -0.464 e. The molecule has 1 aliphatic heterocycles. The van der Waals surface area contributed by atoms with Crippen molar-refractivity contribution in [1.82, 2.24) is 4.90 Å². The number of esters is 1. The van der Waals surface area contributed by atoms with Crippen molar-refractivity contribution in [2.45, 2.75) is 31.6 Å². The van der Waals surface area contributed by atoms with Gasteiger partial charge in [-0.3, -0.25) is 4.79 Å². The van der Waals surface area contributed by atoms with Gasteiger partial charge < -0.3 is 9.64 Å². The highest BCUT2D eigenvalue weighted by molar-refractivity contribution is 7.98. The largest absolute Gasteiger partial charge is 0.464 e. The molecule has 7 heteroatoms. The first-order valence-corrected chi connectivity index (χ1v) is 5.87. The molecule has 6 nitrogen and oxygen atoms in total. The molecular formula is C9H14N2O4S. The molecule has 1 rings (SSSR count). The zero-order valence-electron chi connectivity index (χ0n) is 9.21. The molecule has 0 N–H and O–H groups in total. The van der Waals surface area contributed by atoms with E-state index in [1.165, 1.54) is 11.8 Å². The van der Waals surface area contributed by atoms with Gasteiger partial charge in [-0.2, -0.15) is 0 Å². The summed E-state index contributed by atoms with van der Waals surface area (Å²) in [5.41, 5.74) is 0. The van der Waals surface area contributed by atoms with Crippen molar-refractivity contribution in [2.75, 3.05) is 13.2 Å². The Morgan fingerprint density at radius 2 is 2.25 bits per heavy atom. The van der Waals surface area contributed by atoms with Crippen molar-refractivity contribution < 1.29 is 14.3 Å². The van der Waals surface area contributed by atoms with E-state index in [4.69, 9.17) is 4.74 Å². The van der Waals surface area contributed by atoms with Crippen molar-refractivity contribution >= 4 is 23.8 Å². The SMILES string of the molecule is CCOC(=O)[C@@H]1[C@H](SN=O)CCN1C(C)=O. The quantitative estimate of drug-likeness (QED) is 0.419. The number of likely N-dealkylation sites (tertiary alicyclic amines) is 1. The first-order valence-electron chi connectivity index (χ1n) is 5.04. The third-order valence-electron chi connectivity index (χ3n) is 2.45. The van der Waals surface area contributed by atoms with Crippen molar-refractivity contribution in [1.29, 1.82) is 0 Å². The molecule has 0 spiro atoms. The van der Waals surface area contributed by atoms with Gasteiger partial charge in [-0.05, 0) is 13.3 Å². The Labute approximate surface area is 97.8 Å². The smallest absolute Gasteiger partial charge is 0.330 e. The topological polar surface area (TPSA) is 76.0 Å². The number of amides is 1. The van der Waals surface area contributed by atoms with Gasteiger partial charge in [0, 0.05) is 30.0 Å². The Morgan fingerprint density at radius 1 is 1.56 bits per heavy atom. The summed E-state index contributed by atoms with van der Waals surface area (Å²) < 4.78 is 7.62. The summed E-state index contributed by atoms with van der Waals surface area (Å²) in [4.78, 5) is 34.6. The van der Waals surface area contributed by atoms with Crippen LogP contribution < -0.4 is 0 Å². The van der Waals surface area contributed by atoms with Gasteiger partial charge in [0.1, 0.15) is 6.04 Å². The number of hydrogen-bond donors (Lipinski definition) is 0. The summed E-state index contributed by atoms with van der Waals surface area (Å²) in [6.45, 7) is 3.82. The Kier molecular flexibility index (Phi) is 4.72. The van der Waals surface area contributed by atoms with Gasteiger partial charge in [-0.15, -0.1) is 4.91 Å². The van der Waals surface area contributed by atoms with E-state index in [2.05, 4.69) is 4.58 Å². The lowest BCUT2D eigenvalue weighted by Crippen LogP contribution is -2.44. The third kappa shape index (κ3) is 2.72. The monoisotopic (exact) mass is 246 g/mol. The standard InChI is InChI=1S/C9H14N2O4S/c1-3-15-9(13)8-7(16-10-14)4-5-11(8)6(2)12/h7-8H,3-5H2,1-2H3/t7-,8+/m1/s1. The van der Waals surface area contributed by atoms with Gasteiger partial charge in [0.15, 0.2) is 0 Å². The zero-order chi connectivity index (χ0) is 12.1. The van der Waals surface area contributed by atoms with Crippen LogP contribution in [0.15, 0.2) is 4.58 Å². The van der Waals surface area contributed by atoms with E-state index < -0.39 is 12.0 Å². The Morgan fingerprint density at radius 3 is 2.75 bits per heavy atom. The molecule has 2 atom stereocenters. The van der Waals surface area contributed by atoms with Crippen LogP contribution in [0.5, 0.6) is 0 Å². The average Bonchev–Trinajstić information content (AvgIpc) is 2.62. The van der Waals surface area contributed by atoms with Crippen LogP contribution in [0, 0.1) is 4.91 Å². The Balaban J connectivity index is 2.79. The first-order chi connectivity index (χ1) is 7.61. The predicted octanol–water partition coefficient (Wildman–Crippen LogP) is 0.954. The number of carbonyl (C=O) groups excluding carboxylic acids is 2. The second-order valence-corrected chi connectivity index (χ2v) is 4.38. The molecule has 0 aromatic rings. The van der Waals surface area contributed by atoms with Crippen LogP contribution in [0.25, 0.3) is 0 Å². The molecule has 1 heterocycles. The number of rotatable bonds is 4. The van der Waals surface area contributed by atoms with Gasteiger partial charge in [-0.1, -0.05) is 0 Å². The maximum Gasteiger partial charge on any atom is 0.330 e. The Hall–Kier alpha value is -1.11. The fraction of sp³-hybridized carbons (Fsp3) is 0.778. The first kappa shape index (κ1) is 13.0. The van der Waals surface area contributed by atoms with E-state index in [1.807, 2.05) is 0 Å². The van der Waals surface area contributed by atoms with Crippen LogP contribution in [0.2, 0.25) is 0 Å². The maximum atomic E-state index is 11.7. The van der Waals surface area contributed by atoms with E-state index in [-0.39, 0.29) is 17.8 Å². The van der Waals surface area contributed by atoms with Gasteiger partial charge >= 0.3 is 5.97 Å². The van der Waals surface area contributed by atoms with Crippen LogP contribution in [0.3, 0.4) is 0 Å². The number of nitrogens with zero attached hydrogens (tertiary/aromatic N) is 2. The van der Waals surface area contributed by atoms with Crippen LogP contribution in [0.1, 0.15) is 20.3 Å². The maximum absolute atomic E-state index is 11.7. The molecule has 1 amide bonds.